The van der Waals surface area contributed by atoms with Gasteiger partial charge in [0.25, 0.3) is 0 Å². The maximum Gasteiger partial charge on any atom is 0.0570 e. The molecule has 3 N–H and O–H groups in total. The molecule has 0 aliphatic heterocycles. The van der Waals surface area contributed by atoms with Crippen LogP contribution in [0.3, 0.4) is 0 Å². The fourth-order valence-electron chi connectivity index (χ4n) is 1.22. The van der Waals surface area contributed by atoms with E-state index in [2.05, 4.69) is 4.98 Å². The van der Waals surface area contributed by atoms with Crippen molar-refractivity contribution < 1.29 is 5.11 Å². The van der Waals surface area contributed by atoms with E-state index in [9.17, 15) is 0 Å². The van der Waals surface area contributed by atoms with E-state index < -0.39 is 0 Å². The lowest BCUT2D eigenvalue weighted by molar-refractivity contribution is 0.281. The van der Waals surface area contributed by atoms with Crippen molar-refractivity contribution in [3.63, 3.8) is 0 Å². The van der Waals surface area contributed by atoms with Gasteiger partial charge >= 0.3 is 0 Å². The molecule has 13 heavy (non-hydrogen) atoms. The number of unbranched alkanes of at least 4 members (excludes halogenated alkanes) is 1. The van der Waals surface area contributed by atoms with Gasteiger partial charge < -0.3 is 10.8 Å². The minimum atomic E-state index is 0.00718. The van der Waals surface area contributed by atoms with Crippen molar-refractivity contribution in [1.29, 1.82) is 0 Å². The molecular formula is C10H16N2O. The summed E-state index contributed by atoms with van der Waals surface area (Å²) in [7, 11) is 0. The minimum absolute atomic E-state index is 0.00718. The SMILES string of the molecule is N[C@H](CCCCO)c1ccccn1. The van der Waals surface area contributed by atoms with Gasteiger partial charge in [-0.15, -0.1) is 0 Å². The molecule has 72 valence electrons. The maximum atomic E-state index is 8.59. The largest absolute Gasteiger partial charge is 0.396 e. The van der Waals surface area contributed by atoms with Crippen LogP contribution < -0.4 is 5.73 Å². The molecule has 0 fully saturated rings. The van der Waals surface area contributed by atoms with Gasteiger partial charge in [-0.25, -0.2) is 0 Å². The fourth-order valence-corrected chi connectivity index (χ4v) is 1.22. The van der Waals surface area contributed by atoms with E-state index in [1.807, 2.05) is 18.2 Å². The van der Waals surface area contributed by atoms with E-state index in [0.717, 1.165) is 25.0 Å². The number of pyridine rings is 1. The molecule has 0 saturated heterocycles. The highest BCUT2D eigenvalue weighted by molar-refractivity contribution is 5.07. The first-order valence-corrected chi connectivity index (χ1v) is 4.62. The molecule has 0 aliphatic carbocycles. The van der Waals surface area contributed by atoms with Crippen LogP contribution in [-0.2, 0) is 0 Å². The maximum absolute atomic E-state index is 8.59. The number of aliphatic hydroxyl groups excluding tert-OH is 1. The van der Waals surface area contributed by atoms with Gasteiger partial charge in [-0.1, -0.05) is 6.07 Å². The molecule has 1 rings (SSSR count). The number of aliphatic hydroxyl groups is 1. The van der Waals surface area contributed by atoms with E-state index in [1.54, 1.807) is 6.20 Å². The predicted octanol–water partition coefficient (Wildman–Crippen LogP) is 1.24. The van der Waals surface area contributed by atoms with Gasteiger partial charge in [0.15, 0.2) is 0 Å². The topological polar surface area (TPSA) is 59.1 Å². The second-order valence-electron chi connectivity index (χ2n) is 3.08. The quantitative estimate of drug-likeness (QED) is 0.670. The zero-order valence-electron chi connectivity index (χ0n) is 7.69. The summed E-state index contributed by atoms with van der Waals surface area (Å²) in [6.07, 6.45) is 4.41. The Kier molecular flexibility index (Phi) is 4.43. The van der Waals surface area contributed by atoms with Crippen LogP contribution in [0.15, 0.2) is 24.4 Å². The number of hydrogen-bond acceptors (Lipinski definition) is 3. The Balaban J connectivity index is 2.35. The van der Waals surface area contributed by atoms with Crippen LogP contribution in [0.1, 0.15) is 31.0 Å². The summed E-state index contributed by atoms with van der Waals surface area (Å²) in [5.74, 6) is 0. The average Bonchev–Trinajstić information content (AvgIpc) is 2.19. The molecule has 0 aromatic carbocycles. The molecule has 0 amide bonds. The van der Waals surface area contributed by atoms with Crippen LogP contribution in [-0.4, -0.2) is 16.7 Å². The van der Waals surface area contributed by atoms with Crippen molar-refractivity contribution in [3.05, 3.63) is 30.1 Å². The molecular weight excluding hydrogens is 164 g/mol. The van der Waals surface area contributed by atoms with E-state index >= 15 is 0 Å². The molecule has 3 heteroatoms. The lowest BCUT2D eigenvalue weighted by Crippen LogP contribution is -2.11. The smallest absolute Gasteiger partial charge is 0.0570 e. The van der Waals surface area contributed by atoms with Crippen LogP contribution in [0.25, 0.3) is 0 Å². The van der Waals surface area contributed by atoms with Crippen LogP contribution in [0, 0.1) is 0 Å². The lowest BCUT2D eigenvalue weighted by atomic mass is 10.1. The third-order valence-corrected chi connectivity index (χ3v) is 1.99. The van der Waals surface area contributed by atoms with E-state index in [0.29, 0.717) is 0 Å². The lowest BCUT2D eigenvalue weighted by Gasteiger charge is -2.09. The molecule has 3 nitrogen and oxygen atoms in total. The number of nitrogens with zero attached hydrogens (tertiary/aromatic N) is 1. The van der Waals surface area contributed by atoms with Gasteiger partial charge in [-0.05, 0) is 31.4 Å². The Labute approximate surface area is 78.6 Å². The Morgan fingerprint density at radius 2 is 2.23 bits per heavy atom. The van der Waals surface area contributed by atoms with Crippen molar-refractivity contribution in [2.24, 2.45) is 5.73 Å². The fraction of sp³-hybridized carbons (Fsp3) is 0.500. The Morgan fingerprint density at radius 1 is 1.38 bits per heavy atom. The monoisotopic (exact) mass is 180 g/mol. The molecule has 1 aromatic heterocycles. The Hall–Kier alpha value is -0.930. The average molecular weight is 180 g/mol. The Morgan fingerprint density at radius 3 is 2.85 bits per heavy atom. The summed E-state index contributed by atoms with van der Waals surface area (Å²) in [4.78, 5) is 4.17. The second-order valence-corrected chi connectivity index (χ2v) is 3.08. The zero-order valence-corrected chi connectivity index (χ0v) is 7.69. The zero-order chi connectivity index (χ0) is 9.52. The molecule has 0 saturated carbocycles. The van der Waals surface area contributed by atoms with Crippen molar-refractivity contribution in [2.75, 3.05) is 6.61 Å². The van der Waals surface area contributed by atoms with Crippen molar-refractivity contribution in [1.82, 2.24) is 4.98 Å². The van der Waals surface area contributed by atoms with E-state index in [1.165, 1.54) is 0 Å². The number of hydrogen-bond donors (Lipinski definition) is 2. The van der Waals surface area contributed by atoms with Crippen LogP contribution >= 0.6 is 0 Å². The van der Waals surface area contributed by atoms with Crippen LogP contribution in [0.4, 0.5) is 0 Å². The second kappa shape index (κ2) is 5.67. The Bertz CT molecular complexity index is 226. The van der Waals surface area contributed by atoms with E-state index in [-0.39, 0.29) is 12.6 Å². The van der Waals surface area contributed by atoms with E-state index in [4.69, 9.17) is 10.8 Å². The molecule has 0 aliphatic rings. The summed E-state index contributed by atoms with van der Waals surface area (Å²) in [5.41, 5.74) is 6.82. The van der Waals surface area contributed by atoms with Crippen molar-refractivity contribution in [2.45, 2.75) is 25.3 Å². The predicted molar refractivity (Wildman–Crippen MR) is 52.1 cm³/mol. The van der Waals surface area contributed by atoms with Crippen molar-refractivity contribution >= 4 is 0 Å². The van der Waals surface area contributed by atoms with Crippen LogP contribution in [0.2, 0.25) is 0 Å². The van der Waals surface area contributed by atoms with Gasteiger partial charge in [0, 0.05) is 18.8 Å². The molecule has 0 radical (unpaired) electrons. The molecule has 0 unspecified atom stereocenters. The third kappa shape index (κ3) is 3.53. The van der Waals surface area contributed by atoms with Gasteiger partial charge in [-0.2, -0.15) is 0 Å². The highest BCUT2D eigenvalue weighted by Crippen LogP contribution is 2.13. The molecule has 0 bridgehead atoms. The summed E-state index contributed by atoms with van der Waals surface area (Å²) in [6, 6.07) is 5.76. The molecule has 1 aromatic rings. The number of aromatic nitrogens is 1. The van der Waals surface area contributed by atoms with Gasteiger partial charge in [0.05, 0.1) is 5.69 Å². The number of rotatable bonds is 5. The summed E-state index contributed by atoms with van der Waals surface area (Å²) in [5, 5.41) is 8.59. The summed E-state index contributed by atoms with van der Waals surface area (Å²) in [6.45, 7) is 0.245. The first-order chi connectivity index (χ1) is 6.34. The summed E-state index contributed by atoms with van der Waals surface area (Å²) >= 11 is 0. The van der Waals surface area contributed by atoms with Crippen LogP contribution in [0.5, 0.6) is 0 Å². The highest BCUT2D eigenvalue weighted by Gasteiger charge is 2.05. The first kappa shape index (κ1) is 10.2. The standard InChI is InChI=1S/C10H16N2O/c11-9(5-2-4-8-13)10-6-1-3-7-12-10/h1,3,6-7,9,13H,2,4-5,8,11H2/t9-/m1/s1. The highest BCUT2D eigenvalue weighted by atomic mass is 16.2. The molecule has 1 atom stereocenters. The third-order valence-electron chi connectivity index (χ3n) is 1.99. The van der Waals surface area contributed by atoms with Gasteiger partial charge in [0.1, 0.15) is 0 Å². The molecule has 1 heterocycles. The van der Waals surface area contributed by atoms with Gasteiger partial charge in [-0.3, -0.25) is 4.98 Å². The van der Waals surface area contributed by atoms with Crippen molar-refractivity contribution in [3.8, 4) is 0 Å². The minimum Gasteiger partial charge on any atom is -0.396 e. The normalized spacial score (nSPS) is 12.8. The molecule has 0 spiro atoms. The summed E-state index contributed by atoms with van der Waals surface area (Å²) < 4.78 is 0. The van der Waals surface area contributed by atoms with Gasteiger partial charge in [0.2, 0.25) is 0 Å². The first-order valence-electron chi connectivity index (χ1n) is 4.62. The number of nitrogens with two attached hydrogens (primary N) is 1.